The predicted molar refractivity (Wildman–Crippen MR) is 120 cm³/mol. The summed E-state index contributed by atoms with van der Waals surface area (Å²) in [4.78, 5) is 12.2. The van der Waals surface area contributed by atoms with Crippen molar-refractivity contribution in [3.8, 4) is 0 Å². The van der Waals surface area contributed by atoms with E-state index in [2.05, 4.69) is 5.32 Å². The van der Waals surface area contributed by atoms with Crippen LogP contribution in [0.1, 0.15) is 27.0 Å². The average molecular weight is 431 g/mol. The maximum absolute atomic E-state index is 13.3. The number of para-hydroxylation sites is 1. The molecule has 0 saturated carbocycles. The van der Waals surface area contributed by atoms with Gasteiger partial charge in [0.05, 0.1) is 5.56 Å². The van der Waals surface area contributed by atoms with Crippen LogP contribution in [-0.2, 0) is 5.54 Å². The highest BCUT2D eigenvalue weighted by atomic mass is 19.4. The molecule has 0 aliphatic heterocycles. The van der Waals surface area contributed by atoms with E-state index in [1.54, 1.807) is 6.07 Å². The molecule has 4 rings (SSSR count). The molecule has 0 saturated heterocycles. The van der Waals surface area contributed by atoms with E-state index in [0.717, 1.165) is 16.7 Å². The summed E-state index contributed by atoms with van der Waals surface area (Å²) in [6, 6.07) is 34.2. The van der Waals surface area contributed by atoms with Crippen LogP contribution in [0.15, 0.2) is 115 Å². The number of carbonyl (C=O) groups excluding carboxylic acids is 1. The molecule has 0 fully saturated rings. The molecular formula is C27H20F3NO. The minimum Gasteiger partial charge on any atom is -0.367 e. The third-order valence-electron chi connectivity index (χ3n) is 5.37. The topological polar surface area (TPSA) is 29.1 Å². The quantitative estimate of drug-likeness (QED) is 0.268. The minimum atomic E-state index is -4.98. The Labute approximate surface area is 184 Å². The summed E-state index contributed by atoms with van der Waals surface area (Å²) in [5.74, 6) is -1.89. The molecular weight excluding hydrogens is 411 g/mol. The molecule has 4 aromatic rings. The number of alkyl halides is 3. The molecule has 0 spiro atoms. The highest BCUT2D eigenvalue weighted by Crippen LogP contribution is 2.41. The van der Waals surface area contributed by atoms with Crippen LogP contribution in [0.2, 0.25) is 0 Å². The maximum atomic E-state index is 13.3. The number of benzene rings is 4. The van der Waals surface area contributed by atoms with Crippen molar-refractivity contribution >= 4 is 11.5 Å². The normalized spacial score (nSPS) is 11.7. The van der Waals surface area contributed by atoms with Crippen molar-refractivity contribution in [3.05, 3.63) is 138 Å². The Morgan fingerprint density at radius 3 is 1.34 bits per heavy atom. The third kappa shape index (κ3) is 4.02. The van der Waals surface area contributed by atoms with Crippen LogP contribution in [0, 0.1) is 0 Å². The van der Waals surface area contributed by atoms with E-state index in [1.165, 1.54) is 18.2 Å². The number of hydrogen-bond donors (Lipinski definition) is 1. The van der Waals surface area contributed by atoms with Gasteiger partial charge in [-0.1, -0.05) is 103 Å². The number of anilines is 1. The molecule has 160 valence electrons. The number of carbonyl (C=O) groups is 1. The molecule has 0 heterocycles. The Morgan fingerprint density at radius 2 is 0.938 bits per heavy atom. The van der Waals surface area contributed by atoms with Crippen LogP contribution >= 0.6 is 0 Å². The van der Waals surface area contributed by atoms with Gasteiger partial charge >= 0.3 is 6.18 Å². The summed E-state index contributed by atoms with van der Waals surface area (Å²) in [6.07, 6.45) is -4.98. The average Bonchev–Trinajstić information content (AvgIpc) is 2.83. The van der Waals surface area contributed by atoms with Crippen molar-refractivity contribution in [3.63, 3.8) is 0 Å². The molecule has 32 heavy (non-hydrogen) atoms. The molecule has 0 aromatic heterocycles. The van der Waals surface area contributed by atoms with Crippen LogP contribution < -0.4 is 5.32 Å². The molecule has 0 amide bonds. The standard InChI is InChI=1S/C27H20F3NO/c28-27(29,30)25(32)23-18-10-11-19-24(23)31-26(20-12-4-1-5-13-20,21-14-6-2-7-15-21)22-16-8-3-9-17-22/h1-19,31H. The second-order valence-corrected chi connectivity index (χ2v) is 7.35. The second-order valence-electron chi connectivity index (χ2n) is 7.35. The van der Waals surface area contributed by atoms with Gasteiger partial charge in [-0.25, -0.2) is 0 Å². The van der Waals surface area contributed by atoms with Gasteiger partial charge in [-0.3, -0.25) is 4.79 Å². The SMILES string of the molecule is O=C(c1ccccc1NC(c1ccccc1)(c1ccccc1)c1ccccc1)C(F)(F)F. The van der Waals surface area contributed by atoms with Crippen molar-refractivity contribution in [2.75, 3.05) is 5.32 Å². The molecule has 0 unspecified atom stereocenters. The van der Waals surface area contributed by atoms with E-state index in [-0.39, 0.29) is 5.69 Å². The first-order chi connectivity index (χ1) is 15.4. The second kappa shape index (κ2) is 8.71. The van der Waals surface area contributed by atoms with Crippen molar-refractivity contribution < 1.29 is 18.0 Å². The van der Waals surface area contributed by atoms with Gasteiger partial charge in [-0.05, 0) is 28.8 Å². The summed E-state index contributed by atoms with van der Waals surface area (Å²) in [5, 5.41) is 3.34. The third-order valence-corrected chi connectivity index (χ3v) is 5.37. The Kier molecular flexibility index (Phi) is 5.82. The van der Waals surface area contributed by atoms with Crippen LogP contribution in [0.3, 0.4) is 0 Å². The van der Waals surface area contributed by atoms with Crippen molar-refractivity contribution in [2.45, 2.75) is 11.7 Å². The van der Waals surface area contributed by atoms with E-state index in [4.69, 9.17) is 0 Å². The number of rotatable bonds is 6. The monoisotopic (exact) mass is 431 g/mol. The molecule has 0 bridgehead atoms. The van der Waals surface area contributed by atoms with Gasteiger partial charge in [-0.15, -0.1) is 0 Å². The number of nitrogens with one attached hydrogen (secondary N) is 1. The molecule has 0 aliphatic rings. The van der Waals surface area contributed by atoms with Gasteiger partial charge in [0.15, 0.2) is 0 Å². The number of halogens is 3. The summed E-state index contributed by atoms with van der Waals surface area (Å²) in [5.41, 5.74) is 1.12. The fourth-order valence-corrected chi connectivity index (χ4v) is 3.93. The summed E-state index contributed by atoms with van der Waals surface area (Å²) < 4.78 is 40.0. The van der Waals surface area contributed by atoms with Gasteiger partial charge in [0.2, 0.25) is 0 Å². The highest BCUT2D eigenvalue weighted by molar-refractivity contribution is 6.05. The molecule has 5 heteroatoms. The van der Waals surface area contributed by atoms with E-state index in [1.807, 2.05) is 91.0 Å². The molecule has 1 N–H and O–H groups in total. The first-order valence-corrected chi connectivity index (χ1v) is 10.1. The zero-order valence-electron chi connectivity index (χ0n) is 17.0. The van der Waals surface area contributed by atoms with E-state index < -0.39 is 23.1 Å². The Balaban J connectivity index is 2.00. The van der Waals surface area contributed by atoms with Crippen molar-refractivity contribution in [2.24, 2.45) is 0 Å². The van der Waals surface area contributed by atoms with Gasteiger partial charge in [0, 0.05) is 5.69 Å². The van der Waals surface area contributed by atoms with E-state index in [0.29, 0.717) is 0 Å². The summed E-state index contributed by atoms with van der Waals surface area (Å²) in [6.45, 7) is 0. The molecule has 0 atom stereocenters. The van der Waals surface area contributed by atoms with Gasteiger partial charge in [-0.2, -0.15) is 13.2 Å². The molecule has 4 aromatic carbocycles. The van der Waals surface area contributed by atoms with Gasteiger partial charge in [0.1, 0.15) is 5.54 Å². The molecule has 0 aliphatic carbocycles. The fraction of sp³-hybridized carbons (Fsp3) is 0.0741. The lowest BCUT2D eigenvalue weighted by Crippen LogP contribution is -2.39. The smallest absolute Gasteiger partial charge is 0.367 e. The Hall–Kier alpha value is -3.86. The van der Waals surface area contributed by atoms with Gasteiger partial charge in [0.25, 0.3) is 5.78 Å². The molecule has 2 nitrogen and oxygen atoms in total. The lowest BCUT2D eigenvalue weighted by atomic mass is 9.76. The first kappa shape index (κ1) is 21.4. The number of ketones is 1. The predicted octanol–water partition coefficient (Wildman–Crippen LogP) is 6.84. The lowest BCUT2D eigenvalue weighted by Gasteiger charge is -2.38. The fourth-order valence-electron chi connectivity index (χ4n) is 3.93. The summed E-state index contributed by atoms with van der Waals surface area (Å²) in [7, 11) is 0. The van der Waals surface area contributed by atoms with Crippen LogP contribution in [-0.4, -0.2) is 12.0 Å². The van der Waals surface area contributed by atoms with Crippen LogP contribution in [0.4, 0.5) is 18.9 Å². The van der Waals surface area contributed by atoms with Gasteiger partial charge < -0.3 is 5.32 Å². The van der Waals surface area contributed by atoms with E-state index in [9.17, 15) is 18.0 Å². The highest BCUT2D eigenvalue weighted by Gasteiger charge is 2.42. The number of Topliss-reactive ketones (excluding diaryl/α,β-unsaturated/α-hetero) is 1. The van der Waals surface area contributed by atoms with Crippen molar-refractivity contribution in [1.29, 1.82) is 0 Å². The lowest BCUT2D eigenvalue weighted by molar-refractivity contribution is -0.0884. The Morgan fingerprint density at radius 1 is 0.562 bits per heavy atom. The first-order valence-electron chi connectivity index (χ1n) is 10.1. The number of hydrogen-bond acceptors (Lipinski definition) is 2. The largest absolute Gasteiger partial charge is 0.454 e. The minimum absolute atomic E-state index is 0.103. The molecule has 0 radical (unpaired) electrons. The summed E-state index contributed by atoms with van der Waals surface area (Å²) >= 11 is 0. The zero-order valence-corrected chi connectivity index (χ0v) is 17.0. The van der Waals surface area contributed by atoms with E-state index >= 15 is 0 Å². The van der Waals surface area contributed by atoms with Crippen LogP contribution in [0.25, 0.3) is 0 Å². The van der Waals surface area contributed by atoms with Crippen molar-refractivity contribution in [1.82, 2.24) is 0 Å². The zero-order chi connectivity index (χ0) is 22.6. The van der Waals surface area contributed by atoms with Crippen LogP contribution in [0.5, 0.6) is 0 Å². The Bertz CT molecular complexity index is 1090. The maximum Gasteiger partial charge on any atom is 0.454 e.